The molecule has 2 aromatic rings. The molecule has 3 heteroatoms. The molecule has 14 heavy (non-hydrogen) atoms. The Balaban J connectivity index is 2.46. The molecule has 0 saturated heterocycles. The van der Waals surface area contributed by atoms with Crippen LogP contribution < -0.4 is 0 Å². The van der Waals surface area contributed by atoms with Gasteiger partial charge < -0.3 is 10.1 Å². The molecule has 0 spiro atoms. The number of rotatable bonds is 2. The molecule has 1 aromatic carbocycles. The molecule has 2 N–H and O–H groups in total. The molecule has 0 aliphatic heterocycles. The van der Waals surface area contributed by atoms with E-state index in [1.54, 1.807) is 0 Å². The summed E-state index contributed by atoms with van der Waals surface area (Å²) in [6.07, 6.45) is 2.00. The highest BCUT2D eigenvalue weighted by molar-refractivity contribution is 5.84. The van der Waals surface area contributed by atoms with Crippen LogP contribution in [0.2, 0.25) is 0 Å². The van der Waals surface area contributed by atoms with E-state index in [9.17, 15) is 4.79 Å². The molecule has 0 amide bonds. The van der Waals surface area contributed by atoms with Crippen molar-refractivity contribution in [3.63, 3.8) is 0 Å². The maximum Gasteiger partial charge on any atom is 0.307 e. The van der Waals surface area contributed by atoms with Crippen LogP contribution >= 0.6 is 0 Å². The smallest absolute Gasteiger partial charge is 0.307 e. The average Bonchev–Trinajstić information content (AvgIpc) is 2.46. The summed E-state index contributed by atoms with van der Waals surface area (Å²) in [4.78, 5) is 13.6. The lowest BCUT2D eigenvalue weighted by atomic mass is 10.1. The molecule has 0 unspecified atom stereocenters. The Bertz CT molecular complexity index is 485. The first kappa shape index (κ1) is 8.81. The van der Waals surface area contributed by atoms with Crippen molar-refractivity contribution < 1.29 is 9.90 Å². The summed E-state index contributed by atoms with van der Waals surface area (Å²) in [5.74, 6) is -0.798. The van der Waals surface area contributed by atoms with Crippen LogP contribution in [0.1, 0.15) is 11.1 Å². The number of aryl methyl sites for hydroxylation is 1. The van der Waals surface area contributed by atoms with Gasteiger partial charge in [-0.25, -0.2) is 0 Å². The molecule has 0 fully saturated rings. The van der Waals surface area contributed by atoms with Crippen LogP contribution in [0.4, 0.5) is 0 Å². The molecule has 0 radical (unpaired) electrons. The highest BCUT2D eigenvalue weighted by Gasteiger charge is 2.03. The topological polar surface area (TPSA) is 53.1 Å². The van der Waals surface area contributed by atoms with Crippen molar-refractivity contribution in [2.45, 2.75) is 13.3 Å². The van der Waals surface area contributed by atoms with Crippen LogP contribution in [0.5, 0.6) is 0 Å². The normalized spacial score (nSPS) is 10.6. The molecule has 0 saturated carbocycles. The van der Waals surface area contributed by atoms with Gasteiger partial charge in [0.25, 0.3) is 0 Å². The summed E-state index contributed by atoms with van der Waals surface area (Å²) in [5, 5.41) is 9.79. The van der Waals surface area contributed by atoms with Gasteiger partial charge in [-0.05, 0) is 24.1 Å². The second-order valence-electron chi connectivity index (χ2n) is 3.42. The molecule has 72 valence electrons. The monoisotopic (exact) mass is 189 g/mol. The van der Waals surface area contributed by atoms with Crippen LogP contribution in [0, 0.1) is 6.92 Å². The first-order valence-corrected chi connectivity index (χ1v) is 4.45. The highest BCUT2D eigenvalue weighted by Crippen LogP contribution is 2.18. The Hall–Kier alpha value is -1.77. The number of nitrogens with one attached hydrogen (secondary N) is 1. The minimum absolute atomic E-state index is 0.0774. The quantitative estimate of drug-likeness (QED) is 0.760. The summed E-state index contributed by atoms with van der Waals surface area (Å²) >= 11 is 0. The Morgan fingerprint density at radius 3 is 3.00 bits per heavy atom. The molecule has 2 rings (SSSR count). The molecular formula is C11H11NO2. The van der Waals surface area contributed by atoms with Crippen molar-refractivity contribution in [2.24, 2.45) is 0 Å². The maximum atomic E-state index is 10.5. The van der Waals surface area contributed by atoms with Crippen molar-refractivity contribution in [1.29, 1.82) is 0 Å². The standard InChI is InChI=1S/C11H11NO2/c1-7-6-12-10-4-8(5-11(13)14)2-3-9(7)10/h2-4,6,12H,5H2,1H3,(H,13,14). The fourth-order valence-electron chi connectivity index (χ4n) is 1.60. The maximum absolute atomic E-state index is 10.5. The van der Waals surface area contributed by atoms with E-state index in [-0.39, 0.29) is 6.42 Å². The summed E-state index contributed by atoms with van der Waals surface area (Å²) < 4.78 is 0. The lowest BCUT2D eigenvalue weighted by molar-refractivity contribution is -0.136. The van der Waals surface area contributed by atoms with Crippen molar-refractivity contribution in [3.8, 4) is 0 Å². The molecule has 0 atom stereocenters. The van der Waals surface area contributed by atoms with Crippen molar-refractivity contribution in [3.05, 3.63) is 35.5 Å². The lowest BCUT2D eigenvalue weighted by Crippen LogP contribution is -1.99. The SMILES string of the molecule is Cc1c[nH]c2cc(CC(=O)O)ccc12. The lowest BCUT2D eigenvalue weighted by Gasteiger charge is -1.97. The first-order chi connectivity index (χ1) is 6.66. The molecular weight excluding hydrogens is 178 g/mol. The number of H-pyrrole nitrogens is 1. The third-order valence-corrected chi connectivity index (χ3v) is 2.31. The number of carboxylic acid groups (broad SMARTS) is 1. The third-order valence-electron chi connectivity index (χ3n) is 2.31. The fraction of sp³-hybridized carbons (Fsp3) is 0.182. The summed E-state index contributed by atoms with van der Waals surface area (Å²) in [7, 11) is 0. The van der Waals surface area contributed by atoms with E-state index in [1.165, 1.54) is 5.56 Å². The van der Waals surface area contributed by atoms with Crippen LogP contribution in [0.15, 0.2) is 24.4 Å². The Labute approximate surface area is 81.4 Å². The molecule has 1 heterocycles. The van der Waals surface area contributed by atoms with Gasteiger partial charge in [-0.1, -0.05) is 12.1 Å². The van der Waals surface area contributed by atoms with Gasteiger partial charge in [-0.15, -0.1) is 0 Å². The van der Waals surface area contributed by atoms with Crippen molar-refractivity contribution >= 4 is 16.9 Å². The number of aliphatic carboxylic acids is 1. The van der Waals surface area contributed by atoms with Gasteiger partial charge in [-0.3, -0.25) is 4.79 Å². The number of aromatic amines is 1. The van der Waals surface area contributed by atoms with E-state index in [0.29, 0.717) is 0 Å². The molecule has 0 bridgehead atoms. The second kappa shape index (κ2) is 3.18. The van der Waals surface area contributed by atoms with Crippen molar-refractivity contribution in [2.75, 3.05) is 0 Å². The number of benzene rings is 1. The van der Waals surface area contributed by atoms with E-state index < -0.39 is 5.97 Å². The Kier molecular flexibility index (Phi) is 2.00. The average molecular weight is 189 g/mol. The minimum atomic E-state index is -0.798. The molecule has 1 aromatic heterocycles. The second-order valence-corrected chi connectivity index (χ2v) is 3.42. The molecule has 0 aliphatic rings. The van der Waals surface area contributed by atoms with Gasteiger partial charge in [-0.2, -0.15) is 0 Å². The fourth-order valence-corrected chi connectivity index (χ4v) is 1.60. The van der Waals surface area contributed by atoms with Gasteiger partial charge in [0.2, 0.25) is 0 Å². The van der Waals surface area contributed by atoms with Gasteiger partial charge >= 0.3 is 5.97 Å². The number of hydrogen-bond donors (Lipinski definition) is 2. The van der Waals surface area contributed by atoms with E-state index in [4.69, 9.17) is 5.11 Å². The zero-order chi connectivity index (χ0) is 10.1. The number of carboxylic acids is 1. The highest BCUT2D eigenvalue weighted by atomic mass is 16.4. The van der Waals surface area contributed by atoms with E-state index in [2.05, 4.69) is 4.98 Å². The summed E-state index contributed by atoms with van der Waals surface area (Å²) in [6.45, 7) is 2.02. The number of carbonyl (C=O) groups is 1. The predicted molar refractivity (Wildman–Crippen MR) is 54.4 cm³/mol. The van der Waals surface area contributed by atoms with E-state index in [0.717, 1.165) is 16.5 Å². The molecule has 0 aliphatic carbocycles. The number of fused-ring (bicyclic) bond motifs is 1. The van der Waals surface area contributed by atoms with Crippen LogP contribution in [-0.2, 0) is 11.2 Å². The number of aromatic nitrogens is 1. The zero-order valence-corrected chi connectivity index (χ0v) is 7.87. The third kappa shape index (κ3) is 1.48. The van der Waals surface area contributed by atoms with Gasteiger partial charge in [0.15, 0.2) is 0 Å². The summed E-state index contributed by atoms with van der Waals surface area (Å²) in [5.41, 5.74) is 3.01. The van der Waals surface area contributed by atoms with Gasteiger partial charge in [0.1, 0.15) is 0 Å². The van der Waals surface area contributed by atoms with E-state index in [1.807, 2.05) is 31.3 Å². The Morgan fingerprint density at radius 1 is 1.50 bits per heavy atom. The van der Waals surface area contributed by atoms with Crippen LogP contribution in [0.3, 0.4) is 0 Å². The first-order valence-electron chi connectivity index (χ1n) is 4.45. The largest absolute Gasteiger partial charge is 0.481 e. The van der Waals surface area contributed by atoms with Gasteiger partial charge in [0, 0.05) is 17.1 Å². The van der Waals surface area contributed by atoms with E-state index >= 15 is 0 Å². The predicted octanol–water partition coefficient (Wildman–Crippen LogP) is 2.10. The zero-order valence-electron chi connectivity index (χ0n) is 7.87. The number of hydrogen-bond acceptors (Lipinski definition) is 1. The minimum Gasteiger partial charge on any atom is -0.481 e. The molecule has 3 nitrogen and oxygen atoms in total. The van der Waals surface area contributed by atoms with Crippen LogP contribution in [0.25, 0.3) is 10.9 Å². The van der Waals surface area contributed by atoms with Crippen LogP contribution in [-0.4, -0.2) is 16.1 Å². The van der Waals surface area contributed by atoms with Crippen molar-refractivity contribution in [1.82, 2.24) is 4.98 Å². The Morgan fingerprint density at radius 2 is 2.29 bits per heavy atom. The van der Waals surface area contributed by atoms with Gasteiger partial charge in [0.05, 0.1) is 6.42 Å². The summed E-state index contributed by atoms with van der Waals surface area (Å²) in [6, 6.07) is 5.70.